The Morgan fingerprint density at radius 1 is 1.54 bits per heavy atom. The molecule has 0 aliphatic carbocycles. The number of aromatic nitrogens is 1. The van der Waals surface area contributed by atoms with Crippen molar-refractivity contribution in [2.45, 2.75) is 6.54 Å². The summed E-state index contributed by atoms with van der Waals surface area (Å²) < 4.78 is 0. The van der Waals surface area contributed by atoms with Crippen LogP contribution >= 0.6 is 24.8 Å². The normalized spacial score (nSPS) is 8.08. The van der Waals surface area contributed by atoms with E-state index < -0.39 is 5.97 Å². The first-order chi connectivity index (χ1) is 5.25. The Labute approximate surface area is 88.0 Å². The summed E-state index contributed by atoms with van der Waals surface area (Å²) in [6.07, 6.45) is 1.52. The van der Waals surface area contributed by atoms with Crippen molar-refractivity contribution < 1.29 is 9.90 Å². The van der Waals surface area contributed by atoms with E-state index in [2.05, 4.69) is 4.98 Å². The molecule has 0 unspecified atom stereocenters. The number of carboxylic acid groups (broad SMARTS) is 1. The van der Waals surface area contributed by atoms with Crippen LogP contribution in [-0.2, 0) is 6.54 Å². The molecule has 0 saturated heterocycles. The van der Waals surface area contributed by atoms with Crippen LogP contribution in [0.5, 0.6) is 0 Å². The van der Waals surface area contributed by atoms with E-state index in [0.29, 0.717) is 5.69 Å². The number of carboxylic acids is 1. The summed E-state index contributed by atoms with van der Waals surface area (Å²) in [5.41, 5.74) is 5.86. The van der Waals surface area contributed by atoms with Crippen LogP contribution in [0.1, 0.15) is 16.1 Å². The fourth-order valence-electron chi connectivity index (χ4n) is 0.795. The van der Waals surface area contributed by atoms with Crippen LogP contribution < -0.4 is 5.73 Å². The number of aromatic carboxylic acids is 1. The zero-order valence-corrected chi connectivity index (χ0v) is 8.27. The Bertz CT molecular complexity index is 281. The van der Waals surface area contributed by atoms with Crippen LogP contribution in [-0.4, -0.2) is 16.1 Å². The van der Waals surface area contributed by atoms with Gasteiger partial charge in [-0.05, 0) is 12.1 Å². The molecule has 1 rings (SSSR count). The smallest absolute Gasteiger partial charge is 0.337 e. The van der Waals surface area contributed by atoms with Crippen molar-refractivity contribution in [2.75, 3.05) is 0 Å². The predicted octanol–water partition coefficient (Wildman–Crippen LogP) is 1.08. The lowest BCUT2D eigenvalue weighted by atomic mass is 10.2. The second-order valence-corrected chi connectivity index (χ2v) is 2.01. The van der Waals surface area contributed by atoms with E-state index in [4.69, 9.17) is 10.8 Å². The SMILES string of the molecule is Cl.Cl.NCc1ncccc1C(=O)O. The molecule has 0 aliphatic rings. The number of pyridine rings is 1. The molecule has 0 amide bonds. The first-order valence-electron chi connectivity index (χ1n) is 3.13. The highest BCUT2D eigenvalue weighted by molar-refractivity contribution is 5.88. The molecule has 0 aromatic carbocycles. The van der Waals surface area contributed by atoms with Gasteiger partial charge in [0.1, 0.15) is 0 Å². The molecule has 0 saturated carbocycles. The monoisotopic (exact) mass is 224 g/mol. The van der Waals surface area contributed by atoms with E-state index in [1.807, 2.05) is 0 Å². The fourth-order valence-corrected chi connectivity index (χ4v) is 0.795. The minimum atomic E-state index is -0.987. The highest BCUT2D eigenvalue weighted by Crippen LogP contribution is 2.03. The molecule has 13 heavy (non-hydrogen) atoms. The molecule has 74 valence electrons. The molecule has 0 radical (unpaired) electrons. The van der Waals surface area contributed by atoms with E-state index in [-0.39, 0.29) is 36.9 Å². The van der Waals surface area contributed by atoms with Crippen LogP contribution in [0.2, 0.25) is 0 Å². The van der Waals surface area contributed by atoms with E-state index in [9.17, 15) is 4.79 Å². The molecule has 0 aliphatic heterocycles. The summed E-state index contributed by atoms with van der Waals surface area (Å²) in [4.78, 5) is 14.3. The largest absolute Gasteiger partial charge is 0.478 e. The Morgan fingerprint density at radius 3 is 2.54 bits per heavy atom. The lowest BCUT2D eigenvalue weighted by Gasteiger charge is -1.99. The van der Waals surface area contributed by atoms with Gasteiger partial charge in [0.05, 0.1) is 11.3 Å². The number of rotatable bonds is 2. The standard InChI is InChI=1S/C7H8N2O2.2ClH/c8-4-6-5(7(10)11)2-1-3-9-6;;/h1-3H,4,8H2,(H,10,11);2*1H. The summed E-state index contributed by atoms with van der Waals surface area (Å²) >= 11 is 0. The highest BCUT2D eigenvalue weighted by Gasteiger charge is 2.07. The van der Waals surface area contributed by atoms with Gasteiger partial charge >= 0.3 is 5.97 Å². The molecule has 0 bridgehead atoms. The second kappa shape index (κ2) is 6.65. The lowest BCUT2D eigenvalue weighted by molar-refractivity contribution is 0.0695. The summed E-state index contributed by atoms with van der Waals surface area (Å²) in [5, 5.41) is 8.60. The van der Waals surface area contributed by atoms with Gasteiger partial charge in [0.15, 0.2) is 0 Å². The molecule has 1 heterocycles. The van der Waals surface area contributed by atoms with Gasteiger partial charge in [-0.15, -0.1) is 24.8 Å². The van der Waals surface area contributed by atoms with Crippen molar-refractivity contribution in [1.82, 2.24) is 4.98 Å². The zero-order valence-electron chi connectivity index (χ0n) is 6.64. The van der Waals surface area contributed by atoms with Gasteiger partial charge in [0, 0.05) is 12.7 Å². The van der Waals surface area contributed by atoms with E-state index in [1.165, 1.54) is 12.3 Å². The third kappa shape index (κ3) is 3.59. The molecule has 0 spiro atoms. The maximum Gasteiger partial charge on any atom is 0.337 e. The Morgan fingerprint density at radius 2 is 2.15 bits per heavy atom. The number of hydrogen-bond acceptors (Lipinski definition) is 3. The first kappa shape index (κ1) is 14.7. The van der Waals surface area contributed by atoms with Gasteiger partial charge in [-0.25, -0.2) is 4.79 Å². The zero-order chi connectivity index (χ0) is 8.27. The van der Waals surface area contributed by atoms with Gasteiger partial charge < -0.3 is 10.8 Å². The average Bonchev–Trinajstić information content (AvgIpc) is 2.04. The van der Waals surface area contributed by atoms with Crippen molar-refractivity contribution in [3.8, 4) is 0 Å². The van der Waals surface area contributed by atoms with Gasteiger partial charge in [-0.1, -0.05) is 0 Å². The molecule has 3 N–H and O–H groups in total. The molecule has 6 heteroatoms. The molecular formula is C7H10Cl2N2O2. The highest BCUT2D eigenvalue weighted by atomic mass is 35.5. The third-order valence-electron chi connectivity index (χ3n) is 1.31. The maximum absolute atomic E-state index is 10.5. The maximum atomic E-state index is 10.5. The molecule has 0 fully saturated rings. The lowest BCUT2D eigenvalue weighted by Crippen LogP contribution is -2.08. The van der Waals surface area contributed by atoms with Crippen LogP contribution in [0.3, 0.4) is 0 Å². The van der Waals surface area contributed by atoms with E-state index >= 15 is 0 Å². The van der Waals surface area contributed by atoms with Crippen LogP contribution in [0.25, 0.3) is 0 Å². The summed E-state index contributed by atoms with van der Waals surface area (Å²) in [7, 11) is 0. The third-order valence-corrected chi connectivity index (χ3v) is 1.31. The first-order valence-corrected chi connectivity index (χ1v) is 3.13. The molecule has 4 nitrogen and oxygen atoms in total. The summed E-state index contributed by atoms with van der Waals surface area (Å²) in [6, 6.07) is 3.06. The average molecular weight is 225 g/mol. The topological polar surface area (TPSA) is 76.2 Å². The second-order valence-electron chi connectivity index (χ2n) is 2.01. The Balaban J connectivity index is 0. The minimum absolute atomic E-state index is 0. The van der Waals surface area contributed by atoms with Gasteiger partial charge in [-0.2, -0.15) is 0 Å². The number of nitrogens with two attached hydrogens (primary N) is 1. The van der Waals surface area contributed by atoms with Gasteiger partial charge in [0.25, 0.3) is 0 Å². The quantitative estimate of drug-likeness (QED) is 0.789. The predicted molar refractivity (Wildman–Crippen MR) is 53.6 cm³/mol. The number of hydrogen-bond donors (Lipinski definition) is 2. The van der Waals surface area contributed by atoms with Crippen molar-refractivity contribution in [2.24, 2.45) is 5.73 Å². The number of halogens is 2. The van der Waals surface area contributed by atoms with Crippen molar-refractivity contribution in [3.05, 3.63) is 29.6 Å². The fraction of sp³-hybridized carbons (Fsp3) is 0.143. The van der Waals surface area contributed by atoms with Crippen molar-refractivity contribution >= 4 is 30.8 Å². The summed E-state index contributed by atoms with van der Waals surface area (Å²) in [6.45, 7) is 0.155. The van der Waals surface area contributed by atoms with E-state index in [0.717, 1.165) is 0 Å². The van der Waals surface area contributed by atoms with Crippen molar-refractivity contribution in [3.63, 3.8) is 0 Å². The molecule has 0 atom stereocenters. The van der Waals surface area contributed by atoms with E-state index in [1.54, 1.807) is 6.07 Å². The van der Waals surface area contributed by atoms with Crippen molar-refractivity contribution in [1.29, 1.82) is 0 Å². The van der Waals surface area contributed by atoms with Crippen LogP contribution in [0.4, 0.5) is 0 Å². The minimum Gasteiger partial charge on any atom is -0.478 e. The number of nitrogens with zero attached hydrogens (tertiary/aromatic N) is 1. The molecule has 1 aromatic rings. The van der Waals surface area contributed by atoms with Gasteiger partial charge in [0.2, 0.25) is 0 Å². The van der Waals surface area contributed by atoms with Crippen LogP contribution in [0.15, 0.2) is 18.3 Å². The Kier molecular flexibility index (Phi) is 7.51. The summed E-state index contributed by atoms with van der Waals surface area (Å²) in [5.74, 6) is -0.987. The molecular weight excluding hydrogens is 215 g/mol. The Hall–Kier alpha value is -0.840. The molecule has 1 aromatic heterocycles. The van der Waals surface area contributed by atoms with Gasteiger partial charge in [-0.3, -0.25) is 4.98 Å². The van der Waals surface area contributed by atoms with Crippen LogP contribution in [0, 0.1) is 0 Å². The number of carbonyl (C=O) groups is 1.